The molecule has 2 N–H and O–H groups in total. The van der Waals surface area contributed by atoms with Gasteiger partial charge in [0.2, 0.25) is 10.0 Å². The number of carboxylic acids is 1. The lowest BCUT2D eigenvalue weighted by atomic mass is 10.0. The minimum absolute atomic E-state index is 0.0174. The molecule has 1 aromatic rings. The molecule has 0 aromatic heterocycles. The molecule has 0 atom stereocenters. The first-order valence-electron chi connectivity index (χ1n) is 6.76. The zero-order valence-electron chi connectivity index (χ0n) is 11.0. The lowest BCUT2D eigenvalue weighted by molar-refractivity contribution is 0.0696. The van der Waals surface area contributed by atoms with Crippen LogP contribution in [0.25, 0.3) is 0 Å². The number of nitrogens with one attached hydrogen (secondary N) is 1. The number of hydrogen-bond acceptors (Lipinski definition) is 3. The van der Waals surface area contributed by atoms with Gasteiger partial charge in [-0.15, -0.1) is 0 Å². The van der Waals surface area contributed by atoms with Crippen molar-refractivity contribution < 1.29 is 18.3 Å². The van der Waals surface area contributed by atoms with Crippen molar-refractivity contribution in [3.63, 3.8) is 0 Å². The molecule has 0 aliphatic heterocycles. The van der Waals surface area contributed by atoms with E-state index in [9.17, 15) is 13.2 Å². The summed E-state index contributed by atoms with van der Waals surface area (Å²) >= 11 is 0. The van der Waals surface area contributed by atoms with Crippen molar-refractivity contribution in [2.24, 2.45) is 11.3 Å². The molecule has 2 saturated carbocycles. The van der Waals surface area contributed by atoms with Crippen LogP contribution in [0.1, 0.15) is 36.0 Å². The van der Waals surface area contributed by atoms with Crippen molar-refractivity contribution in [3.05, 3.63) is 29.8 Å². The van der Waals surface area contributed by atoms with E-state index in [-0.39, 0.29) is 15.9 Å². The summed E-state index contributed by atoms with van der Waals surface area (Å²) in [6.45, 7) is 0.470. The fourth-order valence-corrected chi connectivity index (χ4v) is 3.89. The molecule has 5 nitrogen and oxygen atoms in total. The van der Waals surface area contributed by atoms with E-state index in [0.29, 0.717) is 12.5 Å². The Kier molecular flexibility index (Phi) is 3.10. The van der Waals surface area contributed by atoms with E-state index in [4.69, 9.17) is 5.11 Å². The van der Waals surface area contributed by atoms with Gasteiger partial charge in [-0.05, 0) is 55.2 Å². The third-order valence-corrected chi connectivity index (χ3v) is 5.74. The average Bonchev–Trinajstić information content (AvgIpc) is 3.28. The van der Waals surface area contributed by atoms with Crippen molar-refractivity contribution in [3.8, 4) is 0 Å². The van der Waals surface area contributed by atoms with Gasteiger partial charge in [0.1, 0.15) is 0 Å². The van der Waals surface area contributed by atoms with E-state index in [0.717, 1.165) is 12.8 Å². The minimum atomic E-state index is -3.63. The minimum Gasteiger partial charge on any atom is -0.478 e. The zero-order chi connectivity index (χ0) is 14.4. The van der Waals surface area contributed by atoms with Crippen LogP contribution in [0.2, 0.25) is 0 Å². The molecule has 6 heteroatoms. The number of hydrogen-bond donors (Lipinski definition) is 2. The molecule has 0 amide bonds. The van der Waals surface area contributed by atoms with Crippen LogP contribution in [0.3, 0.4) is 0 Å². The van der Waals surface area contributed by atoms with Gasteiger partial charge in [-0.3, -0.25) is 0 Å². The van der Waals surface area contributed by atoms with E-state index in [1.165, 1.54) is 37.1 Å². The van der Waals surface area contributed by atoms with Gasteiger partial charge < -0.3 is 5.11 Å². The first kappa shape index (κ1) is 13.6. The molecule has 0 unspecified atom stereocenters. The summed E-state index contributed by atoms with van der Waals surface area (Å²) in [6.07, 6.45) is 4.59. The number of benzene rings is 1. The summed E-state index contributed by atoms with van der Waals surface area (Å²) in [5, 5.41) is 8.91. The molecular weight excluding hydrogens is 278 g/mol. The predicted molar refractivity (Wildman–Crippen MR) is 73.0 cm³/mol. The Morgan fingerprint density at radius 1 is 1.35 bits per heavy atom. The van der Waals surface area contributed by atoms with Crippen LogP contribution in [0.5, 0.6) is 0 Å². The van der Waals surface area contributed by atoms with Gasteiger partial charge in [-0.1, -0.05) is 6.07 Å². The topological polar surface area (TPSA) is 83.5 Å². The lowest BCUT2D eigenvalue weighted by Crippen LogP contribution is -2.31. The highest BCUT2D eigenvalue weighted by atomic mass is 32.2. The summed E-state index contributed by atoms with van der Waals surface area (Å²) in [5.74, 6) is -0.450. The number of sulfonamides is 1. The van der Waals surface area contributed by atoms with E-state index in [2.05, 4.69) is 4.72 Å². The monoisotopic (exact) mass is 295 g/mol. The molecule has 2 aliphatic carbocycles. The summed E-state index contributed by atoms with van der Waals surface area (Å²) in [4.78, 5) is 10.9. The molecule has 2 fully saturated rings. The fourth-order valence-electron chi connectivity index (χ4n) is 2.70. The fraction of sp³-hybridized carbons (Fsp3) is 0.500. The first-order valence-corrected chi connectivity index (χ1v) is 8.24. The standard InChI is InChI=1S/C14H17NO4S/c16-13(17)10-2-1-3-12(8-10)20(18,19)15-9-14(6-7-14)11-4-5-11/h1-3,8,11,15H,4-7,9H2,(H,16,17). The second kappa shape index (κ2) is 4.56. The van der Waals surface area contributed by atoms with Crippen molar-refractivity contribution in [1.29, 1.82) is 0 Å². The lowest BCUT2D eigenvalue weighted by Gasteiger charge is -2.15. The van der Waals surface area contributed by atoms with Crippen LogP contribution >= 0.6 is 0 Å². The third kappa shape index (κ3) is 2.58. The van der Waals surface area contributed by atoms with Crippen LogP contribution in [0.4, 0.5) is 0 Å². The Hall–Kier alpha value is -1.40. The summed E-state index contributed by atoms with van der Waals surface area (Å²) in [5.41, 5.74) is 0.161. The molecular formula is C14H17NO4S. The SMILES string of the molecule is O=C(O)c1cccc(S(=O)(=O)NCC2(C3CC3)CC2)c1. The van der Waals surface area contributed by atoms with E-state index >= 15 is 0 Å². The molecule has 20 heavy (non-hydrogen) atoms. The van der Waals surface area contributed by atoms with Crippen LogP contribution in [0.15, 0.2) is 29.2 Å². The molecule has 0 saturated heterocycles. The third-order valence-electron chi connectivity index (χ3n) is 4.34. The molecule has 0 radical (unpaired) electrons. The Balaban J connectivity index is 1.74. The van der Waals surface area contributed by atoms with Crippen molar-refractivity contribution in [2.45, 2.75) is 30.6 Å². The summed E-state index contributed by atoms with van der Waals surface area (Å²) < 4.78 is 27.1. The molecule has 1 aromatic carbocycles. The van der Waals surface area contributed by atoms with Gasteiger partial charge in [-0.25, -0.2) is 17.9 Å². The smallest absolute Gasteiger partial charge is 0.335 e. The van der Waals surface area contributed by atoms with Gasteiger partial charge in [-0.2, -0.15) is 0 Å². The van der Waals surface area contributed by atoms with Crippen molar-refractivity contribution in [2.75, 3.05) is 6.54 Å². The molecule has 0 bridgehead atoms. The van der Waals surface area contributed by atoms with Crippen LogP contribution in [-0.4, -0.2) is 26.0 Å². The maximum absolute atomic E-state index is 12.2. The molecule has 0 heterocycles. The Morgan fingerprint density at radius 2 is 2.05 bits per heavy atom. The number of carboxylic acid groups (broad SMARTS) is 1. The van der Waals surface area contributed by atoms with E-state index < -0.39 is 16.0 Å². The highest BCUT2D eigenvalue weighted by molar-refractivity contribution is 7.89. The maximum Gasteiger partial charge on any atom is 0.335 e. The van der Waals surface area contributed by atoms with Gasteiger partial charge in [0.15, 0.2) is 0 Å². The maximum atomic E-state index is 12.2. The van der Waals surface area contributed by atoms with E-state index in [1.807, 2.05) is 0 Å². The van der Waals surface area contributed by atoms with Gasteiger partial charge in [0, 0.05) is 6.54 Å². The van der Waals surface area contributed by atoms with Gasteiger partial charge >= 0.3 is 5.97 Å². The number of carbonyl (C=O) groups is 1. The van der Waals surface area contributed by atoms with Gasteiger partial charge in [0.05, 0.1) is 10.5 Å². The Morgan fingerprint density at radius 3 is 2.60 bits per heavy atom. The molecule has 108 valence electrons. The Bertz CT molecular complexity index is 645. The molecule has 0 spiro atoms. The summed E-state index contributed by atoms with van der Waals surface area (Å²) in [6, 6.07) is 5.45. The molecule has 3 rings (SSSR count). The Labute approximate surface area is 118 Å². The van der Waals surface area contributed by atoms with Crippen LogP contribution in [-0.2, 0) is 10.0 Å². The second-order valence-corrected chi connectivity index (χ2v) is 7.56. The normalized spacial score (nSPS) is 20.6. The first-order chi connectivity index (χ1) is 9.43. The van der Waals surface area contributed by atoms with Crippen molar-refractivity contribution >= 4 is 16.0 Å². The van der Waals surface area contributed by atoms with Crippen molar-refractivity contribution in [1.82, 2.24) is 4.72 Å². The zero-order valence-corrected chi connectivity index (χ0v) is 11.8. The quantitative estimate of drug-likeness (QED) is 0.839. The second-order valence-electron chi connectivity index (χ2n) is 5.79. The average molecular weight is 295 g/mol. The van der Waals surface area contributed by atoms with Crippen LogP contribution in [0, 0.1) is 11.3 Å². The van der Waals surface area contributed by atoms with Crippen LogP contribution < -0.4 is 4.72 Å². The van der Waals surface area contributed by atoms with E-state index in [1.54, 1.807) is 0 Å². The predicted octanol–water partition coefficient (Wildman–Crippen LogP) is 1.85. The largest absolute Gasteiger partial charge is 0.478 e. The number of rotatable bonds is 6. The number of aromatic carboxylic acids is 1. The highest BCUT2D eigenvalue weighted by Gasteiger charge is 2.53. The highest BCUT2D eigenvalue weighted by Crippen LogP contribution is 2.60. The van der Waals surface area contributed by atoms with Gasteiger partial charge in [0.25, 0.3) is 0 Å². The molecule has 2 aliphatic rings. The summed E-state index contributed by atoms with van der Waals surface area (Å²) in [7, 11) is -3.63.